The van der Waals surface area contributed by atoms with Crippen molar-refractivity contribution >= 4 is 23.4 Å². The molecule has 2 saturated heterocycles. The Hall–Kier alpha value is -2.62. The van der Waals surface area contributed by atoms with Crippen molar-refractivity contribution in [3.8, 4) is 0 Å². The lowest BCUT2D eigenvalue weighted by molar-refractivity contribution is -0.172. The molecule has 31 heavy (non-hydrogen) atoms. The van der Waals surface area contributed by atoms with Crippen molar-refractivity contribution in [3.05, 3.63) is 57.8 Å². The van der Waals surface area contributed by atoms with Crippen LogP contribution in [0.15, 0.2) is 41.4 Å². The smallest absolute Gasteiger partial charge is 0.276 e. The van der Waals surface area contributed by atoms with E-state index in [2.05, 4.69) is 5.32 Å². The molecule has 8 nitrogen and oxygen atoms in total. The fraction of sp³-hybridized carbons (Fsp3) is 0.429. The first kappa shape index (κ1) is 21.6. The number of hydrazine groups is 1. The molecule has 2 fully saturated rings. The van der Waals surface area contributed by atoms with Crippen molar-refractivity contribution in [2.24, 2.45) is 0 Å². The maximum atomic E-state index is 14.1. The summed E-state index contributed by atoms with van der Waals surface area (Å²) in [5.74, 6) is -2.34. The lowest BCUT2D eigenvalue weighted by atomic mass is 9.97. The van der Waals surface area contributed by atoms with Crippen LogP contribution in [0.25, 0.3) is 0 Å². The van der Waals surface area contributed by atoms with E-state index >= 15 is 0 Å². The Labute approximate surface area is 184 Å². The zero-order chi connectivity index (χ0) is 22.4. The van der Waals surface area contributed by atoms with Crippen LogP contribution in [-0.2, 0) is 16.1 Å². The van der Waals surface area contributed by atoms with Crippen molar-refractivity contribution in [1.82, 2.24) is 20.2 Å². The van der Waals surface area contributed by atoms with Crippen LogP contribution in [0.2, 0.25) is 5.02 Å². The van der Waals surface area contributed by atoms with Gasteiger partial charge in [-0.15, -0.1) is 0 Å². The zero-order valence-corrected chi connectivity index (χ0v) is 17.9. The number of nitrogens with one attached hydrogen (secondary N) is 1. The molecule has 0 aliphatic carbocycles. The van der Waals surface area contributed by atoms with Crippen molar-refractivity contribution < 1.29 is 24.2 Å². The Balaban J connectivity index is 1.63. The van der Waals surface area contributed by atoms with Crippen LogP contribution in [0, 0.1) is 5.82 Å². The number of aliphatic hydroxyl groups is 2. The van der Waals surface area contributed by atoms with Gasteiger partial charge in [0.25, 0.3) is 11.8 Å². The minimum Gasteiger partial charge on any atom is -0.507 e. The number of hydrogen-bond donors (Lipinski definition) is 3. The van der Waals surface area contributed by atoms with E-state index in [4.69, 9.17) is 11.6 Å². The van der Waals surface area contributed by atoms with E-state index in [0.717, 1.165) is 19.3 Å². The van der Waals surface area contributed by atoms with Gasteiger partial charge < -0.3 is 20.4 Å². The summed E-state index contributed by atoms with van der Waals surface area (Å²) in [4.78, 5) is 27.2. The Morgan fingerprint density at radius 3 is 2.84 bits per heavy atom. The fourth-order valence-corrected chi connectivity index (χ4v) is 4.57. The number of aliphatic hydroxyl groups excluding tert-OH is 2. The minimum absolute atomic E-state index is 0.0495. The summed E-state index contributed by atoms with van der Waals surface area (Å²) in [7, 11) is 1.66. The van der Waals surface area contributed by atoms with Gasteiger partial charge in [-0.3, -0.25) is 14.6 Å². The lowest BCUT2D eigenvalue weighted by Crippen LogP contribution is -2.66. The summed E-state index contributed by atoms with van der Waals surface area (Å²) < 4.78 is 14.1. The van der Waals surface area contributed by atoms with E-state index in [1.807, 2.05) is 11.9 Å². The van der Waals surface area contributed by atoms with Gasteiger partial charge in [-0.2, -0.15) is 5.01 Å². The molecule has 0 bridgehead atoms. The largest absolute Gasteiger partial charge is 0.507 e. The molecule has 0 radical (unpaired) electrons. The van der Waals surface area contributed by atoms with Crippen LogP contribution in [0.4, 0.5) is 4.39 Å². The average Bonchev–Trinajstić information content (AvgIpc) is 2.74. The Kier molecular flexibility index (Phi) is 5.67. The number of nitrogens with zero attached hydrogens (tertiary/aromatic N) is 3. The number of carbonyl (C=O) groups excluding carboxylic acids is 2. The van der Waals surface area contributed by atoms with Gasteiger partial charge in [-0.1, -0.05) is 23.7 Å². The van der Waals surface area contributed by atoms with Crippen molar-refractivity contribution in [1.29, 1.82) is 0 Å². The second-order valence-electron chi connectivity index (χ2n) is 8.02. The van der Waals surface area contributed by atoms with Crippen molar-refractivity contribution in [2.75, 3.05) is 7.05 Å². The fourth-order valence-electron chi connectivity index (χ4n) is 4.38. The van der Waals surface area contributed by atoms with Gasteiger partial charge in [0.15, 0.2) is 11.5 Å². The second kappa shape index (κ2) is 8.14. The molecule has 3 atom stereocenters. The SMILES string of the molecule is C[C@@H]1CCC[C@H]2N(C)C(=O)C3=C(O)C(O)C(C(=O)NCc4cccc(Cl)c4F)=CN3N12. The summed E-state index contributed by atoms with van der Waals surface area (Å²) >= 11 is 5.77. The highest BCUT2D eigenvalue weighted by Gasteiger charge is 2.48. The van der Waals surface area contributed by atoms with Gasteiger partial charge in [0.2, 0.25) is 0 Å². The Morgan fingerprint density at radius 1 is 1.35 bits per heavy atom. The van der Waals surface area contributed by atoms with Crippen LogP contribution >= 0.6 is 11.6 Å². The highest BCUT2D eigenvalue weighted by atomic mass is 35.5. The van der Waals surface area contributed by atoms with E-state index in [1.54, 1.807) is 18.0 Å². The quantitative estimate of drug-likeness (QED) is 0.652. The van der Waals surface area contributed by atoms with Gasteiger partial charge in [0.05, 0.1) is 10.6 Å². The van der Waals surface area contributed by atoms with E-state index in [-0.39, 0.29) is 40.6 Å². The summed E-state index contributed by atoms with van der Waals surface area (Å²) in [5, 5.41) is 27.1. The molecule has 1 unspecified atom stereocenters. The number of hydrogen-bond acceptors (Lipinski definition) is 6. The number of carbonyl (C=O) groups is 2. The van der Waals surface area contributed by atoms with Crippen LogP contribution < -0.4 is 5.32 Å². The molecular formula is C21H24ClFN4O4. The standard InChI is InChI=1S/C21H24ClFN4O4/c1-11-5-3-8-15-25(2)21(31)17-19(29)18(28)13(10-26(17)27(11)15)20(30)24-9-12-6-4-7-14(22)16(12)23/h4,6-7,10-11,15,18,28-29H,3,5,8-9H2,1-2H3,(H,24,30)/t11-,15+,18?/m1/s1. The molecule has 1 aromatic rings. The van der Waals surface area contributed by atoms with E-state index < -0.39 is 29.5 Å². The number of piperidine rings is 1. The van der Waals surface area contributed by atoms with Gasteiger partial charge in [-0.25, -0.2) is 4.39 Å². The van der Waals surface area contributed by atoms with E-state index in [0.29, 0.717) is 0 Å². The summed E-state index contributed by atoms with van der Waals surface area (Å²) in [6, 6.07) is 4.51. The van der Waals surface area contributed by atoms with Crippen LogP contribution in [0.3, 0.4) is 0 Å². The molecule has 3 N–H and O–H groups in total. The Morgan fingerprint density at radius 2 is 2.10 bits per heavy atom. The first-order chi connectivity index (χ1) is 14.7. The average molecular weight is 451 g/mol. The van der Waals surface area contributed by atoms with Crippen LogP contribution in [0.5, 0.6) is 0 Å². The third kappa shape index (κ3) is 3.56. The maximum Gasteiger partial charge on any atom is 0.276 e. The highest BCUT2D eigenvalue weighted by Crippen LogP contribution is 2.38. The monoisotopic (exact) mass is 450 g/mol. The number of rotatable bonds is 3. The van der Waals surface area contributed by atoms with Gasteiger partial charge in [0.1, 0.15) is 18.1 Å². The molecule has 4 rings (SSSR count). The molecular weight excluding hydrogens is 427 g/mol. The minimum atomic E-state index is -1.68. The summed E-state index contributed by atoms with van der Waals surface area (Å²) in [5.41, 5.74) is -0.0262. The second-order valence-corrected chi connectivity index (χ2v) is 8.42. The zero-order valence-electron chi connectivity index (χ0n) is 17.2. The predicted octanol–water partition coefficient (Wildman–Crippen LogP) is 2.01. The van der Waals surface area contributed by atoms with Gasteiger partial charge in [0, 0.05) is 31.4 Å². The Bertz CT molecular complexity index is 998. The van der Waals surface area contributed by atoms with E-state index in [9.17, 15) is 24.2 Å². The molecule has 3 heterocycles. The molecule has 0 spiro atoms. The highest BCUT2D eigenvalue weighted by molar-refractivity contribution is 6.30. The normalized spacial score (nSPS) is 26.4. The van der Waals surface area contributed by atoms with Crippen molar-refractivity contribution in [2.45, 2.75) is 51.0 Å². The molecule has 2 amide bonds. The van der Waals surface area contributed by atoms with E-state index in [1.165, 1.54) is 23.3 Å². The van der Waals surface area contributed by atoms with Crippen molar-refractivity contribution in [3.63, 3.8) is 0 Å². The molecule has 1 aromatic carbocycles. The number of amides is 2. The first-order valence-corrected chi connectivity index (χ1v) is 10.5. The molecule has 10 heteroatoms. The third-order valence-corrected chi connectivity index (χ3v) is 6.37. The van der Waals surface area contributed by atoms with Gasteiger partial charge >= 0.3 is 0 Å². The number of fused-ring (bicyclic) bond motifs is 3. The molecule has 3 aliphatic rings. The molecule has 0 aromatic heterocycles. The number of likely N-dealkylation sites (N-methyl/N-ethyl adjacent to an activating group) is 1. The summed E-state index contributed by atoms with van der Waals surface area (Å²) in [6.45, 7) is 1.85. The maximum absolute atomic E-state index is 14.1. The lowest BCUT2D eigenvalue weighted by Gasteiger charge is -2.54. The molecule has 166 valence electrons. The molecule has 0 saturated carbocycles. The summed E-state index contributed by atoms with van der Waals surface area (Å²) in [6.07, 6.45) is 2.07. The number of benzene rings is 1. The molecule has 3 aliphatic heterocycles. The van der Waals surface area contributed by atoms with Crippen LogP contribution in [-0.4, -0.2) is 62.3 Å². The van der Waals surface area contributed by atoms with Gasteiger partial charge in [-0.05, 0) is 32.3 Å². The third-order valence-electron chi connectivity index (χ3n) is 6.08. The predicted molar refractivity (Wildman–Crippen MR) is 111 cm³/mol. The first-order valence-electron chi connectivity index (χ1n) is 10.1. The topological polar surface area (TPSA) is 96.3 Å². The van der Waals surface area contributed by atoms with Crippen LogP contribution in [0.1, 0.15) is 31.7 Å². The number of halogens is 2.